The van der Waals surface area contributed by atoms with E-state index >= 15 is 0 Å². The quantitative estimate of drug-likeness (QED) is 0.840. The summed E-state index contributed by atoms with van der Waals surface area (Å²) in [6.07, 6.45) is 0. The van der Waals surface area contributed by atoms with Crippen LogP contribution in [0, 0.1) is 18.3 Å². The second-order valence-electron chi connectivity index (χ2n) is 3.92. The number of nitrogens with zero attached hydrogens (tertiary/aromatic N) is 1. The van der Waals surface area contributed by atoms with Crippen molar-refractivity contribution < 1.29 is 4.21 Å². The van der Waals surface area contributed by atoms with Gasteiger partial charge in [-0.15, -0.1) is 0 Å². The van der Waals surface area contributed by atoms with E-state index in [1.807, 2.05) is 31.2 Å². The zero-order valence-corrected chi connectivity index (χ0v) is 10.7. The molecule has 2 N–H and O–H groups in total. The van der Waals surface area contributed by atoms with Gasteiger partial charge in [0.2, 0.25) is 0 Å². The molecule has 1 atom stereocenters. The molecule has 0 unspecified atom stereocenters. The minimum atomic E-state index is -1.38. The average molecular weight is 256 g/mol. The minimum absolute atomic E-state index is 0.289. The smallest absolute Gasteiger partial charge is 0.103 e. The summed E-state index contributed by atoms with van der Waals surface area (Å²) < 4.78 is 12.4. The maximum Gasteiger partial charge on any atom is 0.103 e. The summed E-state index contributed by atoms with van der Waals surface area (Å²) in [4.78, 5) is 1.14. The van der Waals surface area contributed by atoms with Gasteiger partial charge in [0.1, 0.15) is 6.07 Å². The first kappa shape index (κ1) is 12.3. The predicted molar refractivity (Wildman–Crippen MR) is 71.4 cm³/mol. The Morgan fingerprint density at radius 3 is 2.61 bits per heavy atom. The highest BCUT2D eigenvalue weighted by Gasteiger charge is 2.13. The molecule has 0 fully saturated rings. The van der Waals surface area contributed by atoms with Crippen LogP contribution in [-0.2, 0) is 10.8 Å². The summed E-state index contributed by atoms with van der Waals surface area (Å²) in [6, 6.07) is 14.4. The molecule has 0 spiro atoms. The van der Waals surface area contributed by atoms with E-state index < -0.39 is 10.8 Å². The molecule has 2 rings (SSSR count). The summed E-state index contributed by atoms with van der Waals surface area (Å²) in [7, 11) is -1.38. The first-order valence-corrected chi connectivity index (χ1v) is 6.55. The maximum absolute atomic E-state index is 12.4. The lowest BCUT2D eigenvalue weighted by atomic mass is 10.2. The van der Waals surface area contributed by atoms with E-state index in [1.165, 1.54) is 0 Å². The molecule has 0 aliphatic carbocycles. The molecule has 0 aliphatic rings. The minimum Gasteiger partial charge on any atom is -0.398 e. The molecule has 4 heteroatoms. The van der Waals surface area contributed by atoms with Crippen LogP contribution in [0.4, 0.5) is 5.69 Å². The Labute approximate surface area is 108 Å². The van der Waals surface area contributed by atoms with Gasteiger partial charge in [0, 0.05) is 4.90 Å². The molecule has 0 saturated heterocycles. The first-order valence-electron chi connectivity index (χ1n) is 5.40. The molecule has 0 radical (unpaired) electrons. The molecule has 90 valence electrons. The lowest BCUT2D eigenvalue weighted by Gasteiger charge is -2.07. The summed E-state index contributed by atoms with van der Waals surface area (Å²) in [5.74, 6) is 0. The number of aryl methyl sites for hydroxylation is 1. The van der Waals surface area contributed by atoms with Crippen LogP contribution >= 0.6 is 0 Å². The van der Waals surface area contributed by atoms with E-state index in [-0.39, 0.29) is 5.56 Å². The molecular formula is C14H12N2OS. The number of anilines is 1. The topological polar surface area (TPSA) is 66.9 Å². The van der Waals surface area contributed by atoms with Gasteiger partial charge in [-0.25, -0.2) is 4.21 Å². The molecule has 0 heterocycles. The molecular weight excluding hydrogens is 244 g/mol. The van der Waals surface area contributed by atoms with Crippen LogP contribution in [0.5, 0.6) is 0 Å². The SMILES string of the molecule is Cc1cccc([S@](=O)c2cccc(N)c2C#N)c1. The highest BCUT2D eigenvalue weighted by Crippen LogP contribution is 2.24. The Kier molecular flexibility index (Phi) is 3.45. The fraction of sp³-hybridized carbons (Fsp3) is 0.0714. The lowest BCUT2D eigenvalue weighted by Crippen LogP contribution is -2.00. The Hall–Kier alpha value is -2.12. The number of hydrogen-bond acceptors (Lipinski definition) is 3. The number of nitrogens with two attached hydrogens (primary N) is 1. The van der Waals surface area contributed by atoms with Crippen molar-refractivity contribution in [2.75, 3.05) is 5.73 Å². The van der Waals surface area contributed by atoms with Gasteiger partial charge in [0.15, 0.2) is 0 Å². The van der Waals surface area contributed by atoms with Gasteiger partial charge < -0.3 is 5.73 Å². The van der Waals surface area contributed by atoms with Gasteiger partial charge in [-0.1, -0.05) is 18.2 Å². The fourth-order valence-corrected chi connectivity index (χ4v) is 2.98. The molecule has 2 aromatic rings. The van der Waals surface area contributed by atoms with Crippen LogP contribution in [0.1, 0.15) is 11.1 Å². The van der Waals surface area contributed by atoms with E-state index in [0.29, 0.717) is 15.5 Å². The Morgan fingerprint density at radius 2 is 1.94 bits per heavy atom. The van der Waals surface area contributed by atoms with Gasteiger partial charge in [-0.2, -0.15) is 5.26 Å². The van der Waals surface area contributed by atoms with Crippen molar-refractivity contribution in [3.05, 3.63) is 53.6 Å². The normalized spacial score (nSPS) is 11.8. The second-order valence-corrected chi connectivity index (χ2v) is 5.37. The summed E-state index contributed by atoms with van der Waals surface area (Å²) >= 11 is 0. The lowest BCUT2D eigenvalue weighted by molar-refractivity contribution is 0.683. The van der Waals surface area contributed by atoms with Gasteiger partial charge >= 0.3 is 0 Å². The van der Waals surface area contributed by atoms with Crippen molar-refractivity contribution in [1.29, 1.82) is 5.26 Å². The molecule has 0 amide bonds. The third-order valence-corrected chi connectivity index (χ3v) is 4.00. The summed E-state index contributed by atoms with van der Waals surface area (Å²) in [6.45, 7) is 1.94. The number of nitrogen functional groups attached to an aromatic ring is 1. The predicted octanol–water partition coefficient (Wildman–Crippen LogP) is 2.62. The molecule has 0 bridgehead atoms. The zero-order valence-electron chi connectivity index (χ0n) is 9.88. The highest BCUT2D eigenvalue weighted by molar-refractivity contribution is 7.85. The van der Waals surface area contributed by atoms with E-state index in [2.05, 4.69) is 0 Å². The fourth-order valence-electron chi connectivity index (χ4n) is 1.68. The summed E-state index contributed by atoms with van der Waals surface area (Å²) in [5, 5.41) is 9.09. The average Bonchev–Trinajstić information content (AvgIpc) is 2.37. The molecule has 3 nitrogen and oxygen atoms in total. The third kappa shape index (κ3) is 2.27. The van der Waals surface area contributed by atoms with Crippen molar-refractivity contribution in [2.24, 2.45) is 0 Å². The van der Waals surface area contributed by atoms with Crippen molar-refractivity contribution in [3.63, 3.8) is 0 Å². The van der Waals surface area contributed by atoms with Crippen LogP contribution in [0.15, 0.2) is 52.3 Å². The van der Waals surface area contributed by atoms with Crippen LogP contribution in [0.3, 0.4) is 0 Å². The number of hydrogen-bond donors (Lipinski definition) is 1. The standard InChI is InChI=1S/C14H12N2OS/c1-10-4-2-5-11(8-10)18(17)14-7-3-6-13(16)12(14)9-15/h2-8H,16H2,1H3/t18-/m0/s1. The zero-order chi connectivity index (χ0) is 13.1. The van der Waals surface area contributed by atoms with Gasteiger partial charge in [0.05, 0.1) is 26.9 Å². The van der Waals surface area contributed by atoms with Gasteiger partial charge in [-0.05, 0) is 36.8 Å². The van der Waals surface area contributed by atoms with Crippen LogP contribution in [0.25, 0.3) is 0 Å². The molecule has 0 aliphatic heterocycles. The maximum atomic E-state index is 12.4. The largest absolute Gasteiger partial charge is 0.398 e. The van der Waals surface area contributed by atoms with E-state index in [1.54, 1.807) is 24.3 Å². The monoisotopic (exact) mass is 256 g/mol. The molecule has 18 heavy (non-hydrogen) atoms. The third-order valence-electron chi connectivity index (χ3n) is 2.57. The molecule has 2 aromatic carbocycles. The van der Waals surface area contributed by atoms with Gasteiger partial charge in [-0.3, -0.25) is 0 Å². The van der Waals surface area contributed by atoms with E-state index in [4.69, 9.17) is 11.0 Å². The second kappa shape index (κ2) is 5.03. The Bertz CT molecular complexity index is 659. The highest BCUT2D eigenvalue weighted by atomic mass is 32.2. The van der Waals surface area contributed by atoms with E-state index in [0.717, 1.165) is 5.56 Å². The molecule has 0 aromatic heterocycles. The van der Waals surface area contributed by atoms with Crippen molar-refractivity contribution in [3.8, 4) is 6.07 Å². The van der Waals surface area contributed by atoms with E-state index in [9.17, 15) is 4.21 Å². The first-order chi connectivity index (χ1) is 8.63. The van der Waals surface area contributed by atoms with Crippen molar-refractivity contribution >= 4 is 16.5 Å². The molecule has 0 saturated carbocycles. The number of benzene rings is 2. The van der Waals surface area contributed by atoms with Crippen LogP contribution in [-0.4, -0.2) is 4.21 Å². The van der Waals surface area contributed by atoms with Gasteiger partial charge in [0.25, 0.3) is 0 Å². The number of rotatable bonds is 2. The Balaban J connectivity index is 2.54. The van der Waals surface area contributed by atoms with Crippen LogP contribution in [0.2, 0.25) is 0 Å². The summed E-state index contributed by atoms with van der Waals surface area (Å²) in [5.41, 5.74) is 7.40. The van der Waals surface area contributed by atoms with Crippen LogP contribution < -0.4 is 5.73 Å². The Morgan fingerprint density at radius 1 is 1.22 bits per heavy atom. The van der Waals surface area contributed by atoms with Crippen molar-refractivity contribution in [2.45, 2.75) is 16.7 Å². The number of nitriles is 1. The van der Waals surface area contributed by atoms with Crippen molar-refractivity contribution in [1.82, 2.24) is 0 Å².